The largest absolute Gasteiger partial charge is 0.481 e. The summed E-state index contributed by atoms with van der Waals surface area (Å²) >= 11 is 6.38. The maximum atomic E-state index is 9.14. The lowest BCUT2D eigenvalue weighted by atomic mass is 9.96. The normalized spacial score (nSPS) is 25.1. The average molecular weight is 473 g/mol. The number of methoxy groups -OCH3 is 2. The minimum Gasteiger partial charge on any atom is -0.481 e. The third kappa shape index (κ3) is 5.23. The van der Waals surface area contributed by atoms with Crippen molar-refractivity contribution in [3.8, 4) is 17.8 Å². The van der Waals surface area contributed by atoms with Gasteiger partial charge in [-0.15, -0.1) is 0 Å². The van der Waals surface area contributed by atoms with Crippen LogP contribution < -0.4 is 19.3 Å². The molecule has 0 bridgehead atoms. The van der Waals surface area contributed by atoms with Gasteiger partial charge in [0.05, 0.1) is 55.0 Å². The van der Waals surface area contributed by atoms with Gasteiger partial charge < -0.3 is 24.0 Å². The molecule has 2 aliphatic rings. The molecule has 2 aliphatic heterocycles. The molecule has 4 atom stereocenters. The summed E-state index contributed by atoms with van der Waals surface area (Å²) in [4.78, 5) is 17.6. The molecule has 4 rings (SSSR count). The average Bonchev–Trinajstić information content (AvgIpc) is 3.24. The van der Waals surface area contributed by atoms with Crippen LogP contribution >= 0.6 is 11.6 Å². The van der Waals surface area contributed by atoms with Crippen LogP contribution in [0.15, 0.2) is 24.7 Å². The fraction of sp³-hybridized carbons (Fsp3) is 0.565. The number of pyridine rings is 1. The molecular weight excluding hydrogens is 444 g/mol. The lowest BCUT2D eigenvalue weighted by molar-refractivity contribution is 0.115. The summed E-state index contributed by atoms with van der Waals surface area (Å²) in [6.07, 6.45) is 7.22. The summed E-state index contributed by atoms with van der Waals surface area (Å²) in [5, 5.41) is 9.75. The maximum Gasteiger partial charge on any atom is 0.232 e. The van der Waals surface area contributed by atoms with E-state index < -0.39 is 0 Å². The van der Waals surface area contributed by atoms with Crippen LogP contribution in [-0.2, 0) is 4.74 Å². The molecule has 2 fully saturated rings. The SMILES string of the molecule is COc1cc(N2CC[C@@H](Oc3cnc(N4C[C@H](OC)CC4CC#N)cn3)[C@H](C)C2)c(Cl)cn1. The zero-order valence-electron chi connectivity index (χ0n) is 19.1. The molecule has 0 radical (unpaired) electrons. The van der Waals surface area contributed by atoms with Crippen molar-refractivity contribution in [1.29, 1.82) is 5.26 Å². The van der Waals surface area contributed by atoms with Gasteiger partial charge in [0.1, 0.15) is 11.9 Å². The van der Waals surface area contributed by atoms with Gasteiger partial charge >= 0.3 is 0 Å². The van der Waals surface area contributed by atoms with Crippen LogP contribution in [-0.4, -0.2) is 67.1 Å². The highest BCUT2D eigenvalue weighted by Crippen LogP contribution is 2.33. The van der Waals surface area contributed by atoms with Gasteiger partial charge in [-0.1, -0.05) is 18.5 Å². The molecule has 2 saturated heterocycles. The highest BCUT2D eigenvalue weighted by molar-refractivity contribution is 6.33. The monoisotopic (exact) mass is 472 g/mol. The van der Waals surface area contributed by atoms with Crippen LogP contribution in [0.4, 0.5) is 11.5 Å². The Morgan fingerprint density at radius 3 is 2.64 bits per heavy atom. The molecule has 176 valence electrons. The summed E-state index contributed by atoms with van der Waals surface area (Å²) in [7, 11) is 3.30. The fourth-order valence-electron chi connectivity index (χ4n) is 4.58. The Balaban J connectivity index is 1.38. The van der Waals surface area contributed by atoms with E-state index >= 15 is 0 Å². The first-order valence-electron chi connectivity index (χ1n) is 11.1. The van der Waals surface area contributed by atoms with Gasteiger partial charge in [0, 0.05) is 51.2 Å². The van der Waals surface area contributed by atoms with Crippen molar-refractivity contribution in [2.75, 3.05) is 43.7 Å². The second kappa shape index (κ2) is 10.4. The van der Waals surface area contributed by atoms with Crippen LogP contribution in [0.25, 0.3) is 0 Å². The molecule has 1 unspecified atom stereocenters. The molecule has 2 aromatic heterocycles. The molecule has 33 heavy (non-hydrogen) atoms. The van der Waals surface area contributed by atoms with E-state index in [2.05, 4.69) is 37.7 Å². The highest BCUT2D eigenvalue weighted by Gasteiger charge is 2.33. The lowest BCUT2D eigenvalue weighted by Gasteiger charge is -2.38. The van der Waals surface area contributed by atoms with E-state index in [1.54, 1.807) is 32.8 Å². The molecule has 0 aromatic carbocycles. The predicted molar refractivity (Wildman–Crippen MR) is 125 cm³/mol. The Bertz CT molecular complexity index is 985. The molecule has 0 aliphatic carbocycles. The van der Waals surface area contributed by atoms with E-state index in [9.17, 15) is 0 Å². The third-order valence-electron chi connectivity index (χ3n) is 6.40. The molecule has 0 spiro atoms. The number of hydrogen-bond acceptors (Lipinski definition) is 9. The fourth-order valence-corrected chi connectivity index (χ4v) is 4.80. The van der Waals surface area contributed by atoms with E-state index in [4.69, 9.17) is 31.1 Å². The lowest BCUT2D eigenvalue weighted by Crippen LogP contribution is -2.44. The molecule has 0 amide bonds. The van der Waals surface area contributed by atoms with Gasteiger partial charge in [-0.2, -0.15) is 5.26 Å². The second-order valence-corrected chi connectivity index (χ2v) is 8.93. The second-order valence-electron chi connectivity index (χ2n) is 8.52. The Morgan fingerprint density at radius 2 is 1.97 bits per heavy atom. The van der Waals surface area contributed by atoms with Gasteiger partial charge in [-0.3, -0.25) is 0 Å². The zero-order valence-corrected chi connectivity index (χ0v) is 19.9. The molecule has 10 heteroatoms. The van der Waals surface area contributed by atoms with Gasteiger partial charge in [-0.25, -0.2) is 15.0 Å². The van der Waals surface area contributed by atoms with Crippen molar-refractivity contribution in [3.63, 3.8) is 0 Å². The first-order valence-corrected chi connectivity index (χ1v) is 11.5. The molecule has 4 heterocycles. The molecule has 2 aromatic rings. The summed E-state index contributed by atoms with van der Waals surface area (Å²) in [5.41, 5.74) is 0.921. The summed E-state index contributed by atoms with van der Waals surface area (Å²) in [5.74, 6) is 2.05. The van der Waals surface area contributed by atoms with E-state index in [0.717, 1.165) is 37.4 Å². The number of anilines is 2. The molecular formula is C23H29ClN6O3. The Labute approximate surface area is 199 Å². The van der Waals surface area contributed by atoms with Gasteiger partial charge in [-0.05, 0) is 6.42 Å². The number of rotatable bonds is 7. The maximum absolute atomic E-state index is 9.14. The summed E-state index contributed by atoms with van der Waals surface area (Å²) < 4.78 is 16.9. The van der Waals surface area contributed by atoms with Crippen molar-refractivity contribution in [2.24, 2.45) is 5.92 Å². The van der Waals surface area contributed by atoms with Crippen LogP contribution in [0, 0.1) is 17.2 Å². The van der Waals surface area contributed by atoms with Gasteiger partial charge in [0.25, 0.3) is 0 Å². The minimum absolute atomic E-state index is 0.0277. The van der Waals surface area contributed by atoms with E-state index in [1.165, 1.54) is 0 Å². The van der Waals surface area contributed by atoms with Gasteiger partial charge in [0.2, 0.25) is 11.8 Å². The standard InChI is InChI=1S/C23H29ClN6O3/c1-15-13-29(19-9-22(32-3)27-10-18(19)24)7-5-20(15)33-23-12-26-21(11-28-23)30-14-17(31-2)8-16(30)4-6-25/h9-12,15-17,20H,4-5,7-8,13-14H2,1-3H3/t15-,16?,17-,20-/m1/s1. The number of aromatic nitrogens is 3. The Hall–Kier alpha value is -2.83. The highest BCUT2D eigenvalue weighted by atomic mass is 35.5. The Kier molecular flexibility index (Phi) is 7.36. The van der Waals surface area contributed by atoms with Crippen LogP contribution in [0.2, 0.25) is 5.02 Å². The third-order valence-corrected chi connectivity index (χ3v) is 6.69. The van der Waals surface area contributed by atoms with E-state index in [1.807, 2.05) is 6.07 Å². The smallest absolute Gasteiger partial charge is 0.232 e. The van der Waals surface area contributed by atoms with E-state index in [-0.39, 0.29) is 24.2 Å². The van der Waals surface area contributed by atoms with Gasteiger partial charge in [0.15, 0.2) is 0 Å². The number of halogens is 1. The molecule has 0 N–H and O–H groups in total. The van der Waals surface area contributed by atoms with Crippen molar-refractivity contribution in [3.05, 3.63) is 29.7 Å². The predicted octanol–water partition coefficient (Wildman–Crippen LogP) is 3.33. The van der Waals surface area contributed by atoms with Crippen LogP contribution in [0.1, 0.15) is 26.2 Å². The summed E-state index contributed by atoms with van der Waals surface area (Å²) in [6, 6.07) is 4.21. The quantitative estimate of drug-likeness (QED) is 0.600. The number of ether oxygens (including phenoxy) is 3. The topological polar surface area (TPSA) is 96.6 Å². The zero-order chi connectivity index (χ0) is 23.4. The van der Waals surface area contributed by atoms with Crippen molar-refractivity contribution in [1.82, 2.24) is 15.0 Å². The molecule has 9 nitrogen and oxygen atoms in total. The van der Waals surface area contributed by atoms with Crippen LogP contribution in [0.5, 0.6) is 11.8 Å². The number of hydrogen-bond donors (Lipinski definition) is 0. The van der Waals surface area contributed by atoms with Crippen molar-refractivity contribution < 1.29 is 14.2 Å². The van der Waals surface area contributed by atoms with E-state index in [0.29, 0.717) is 29.7 Å². The minimum atomic E-state index is 0.0277. The van der Waals surface area contributed by atoms with Crippen molar-refractivity contribution >= 4 is 23.1 Å². The van der Waals surface area contributed by atoms with Crippen LogP contribution in [0.3, 0.4) is 0 Å². The van der Waals surface area contributed by atoms with Crippen molar-refractivity contribution in [2.45, 2.75) is 44.4 Å². The first-order chi connectivity index (χ1) is 16.0. The molecule has 0 saturated carbocycles. The first kappa shape index (κ1) is 23.3. The number of piperidine rings is 1. The number of nitriles is 1. The number of nitrogens with zero attached hydrogens (tertiary/aromatic N) is 6. The summed E-state index contributed by atoms with van der Waals surface area (Å²) in [6.45, 7) is 4.46. The Morgan fingerprint density at radius 1 is 1.15 bits per heavy atom.